The first-order valence-corrected chi connectivity index (χ1v) is 6.49. The van der Waals surface area contributed by atoms with Crippen LogP contribution in [0.1, 0.15) is 46.0 Å². The number of hydrogen-bond donors (Lipinski definition) is 2. The SMILES string of the molecule is CC(C)[C@H](NC(=O)C1CC12CCCC2)C(=O)O. The van der Waals surface area contributed by atoms with Gasteiger partial charge >= 0.3 is 5.97 Å². The second-order valence-electron chi connectivity index (χ2n) is 5.89. The molecular weight excluding hydrogens is 218 g/mol. The quantitative estimate of drug-likeness (QED) is 0.786. The Balaban J connectivity index is 1.91. The van der Waals surface area contributed by atoms with E-state index < -0.39 is 12.0 Å². The van der Waals surface area contributed by atoms with Crippen LogP contribution in [-0.4, -0.2) is 23.0 Å². The van der Waals surface area contributed by atoms with Gasteiger partial charge in [0.05, 0.1) is 0 Å². The van der Waals surface area contributed by atoms with Gasteiger partial charge in [0, 0.05) is 5.92 Å². The van der Waals surface area contributed by atoms with Gasteiger partial charge in [-0.1, -0.05) is 26.7 Å². The van der Waals surface area contributed by atoms with Crippen molar-refractivity contribution >= 4 is 11.9 Å². The van der Waals surface area contributed by atoms with Crippen molar-refractivity contribution in [2.24, 2.45) is 17.3 Å². The topological polar surface area (TPSA) is 66.4 Å². The zero-order valence-corrected chi connectivity index (χ0v) is 10.5. The van der Waals surface area contributed by atoms with Gasteiger partial charge in [-0.15, -0.1) is 0 Å². The van der Waals surface area contributed by atoms with Gasteiger partial charge in [-0.2, -0.15) is 0 Å². The fraction of sp³-hybridized carbons (Fsp3) is 0.846. The van der Waals surface area contributed by atoms with E-state index in [0.717, 1.165) is 19.3 Å². The summed E-state index contributed by atoms with van der Waals surface area (Å²) in [4.78, 5) is 23.0. The summed E-state index contributed by atoms with van der Waals surface area (Å²) in [5.74, 6) is -0.984. The number of carboxylic acid groups (broad SMARTS) is 1. The van der Waals surface area contributed by atoms with Gasteiger partial charge in [-0.25, -0.2) is 4.79 Å². The second-order valence-corrected chi connectivity index (χ2v) is 5.89. The zero-order chi connectivity index (χ0) is 12.6. The molecule has 2 saturated carbocycles. The minimum Gasteiger partial charge on any atom is -0.480 e. The van der Waals surface area contributed by atoms with Crippen LogP contribution in [0.4, 0.5) is 0 Å². The molecule has 2 fully saturated rings. The number of rotatable bonds is 4. The minimum atomic E-state index is -0.936. The average Bonchev–Trinajstić information content (AvgIpc) is 2.72. The summed E-state index contributed by atoms with van der Waals surface area (Å²) < 4.78 is 0. The van der Waals surface area contributed by atoms with Crippen LogP contribution in [0.2, 0.25) is 0 Å². The third kappa shape index (κ3) is 2.31. The summed E-state index contributed by atoms with van der Waals surface area (Å²) >= 11 is 0. The van der Waals surface area contributed by atoms with Crippen LogP contribution < -0.4 is 5.32 Å². The summed E-state index contributed by atoms with van der Waals surface area (Å²) in [7, 11) is 0. The van der Waals surface area contributed by atoms with E-state index in [1.807, 2.05) is 13.8 Å². The fourth-order valence-corrected chi connectivity index (χ4v) is 3.12. The van der Waals surface area contributed by atoms with Crippen molar-refractivity contribution in [2.75, 3.05) is 0 Å². The first-order valence-electron chi connectivity index (χ1n) is 6.49. The molecule has 1 amide bonds. The molecule has 0 heterocycles. The number of carbonyl (C=O) groups excluding carboxylic acids is 1. The van der Waals surface area contributed by atoms with E-state index in [9.17, 15) is 9.59 Å². The molecule has 2 atom stereocenters. The lowest BCUT2D eigenvalue weighted by Crippen LogP contribution is -2.45. The smallest absolute Gasteiger partial charge is 0.326 e. The number of carboxylic acids is 1. The van der Waals surface area contributed by atoms with Crippen molar-refractivity contribution in [1.29, 1.82) is 0 Å². The molecule has 17 heavy (non-hydrogen) atoms. The third-order valence-electron chi connectivity index (χ3n) is 4.34. The maximum Gasteiger partial charge on any atom is 0.326 e. The van der Waals surface area contributed by atoms with Crippen LogP contribution in [-0.2, 0) is 9.59 Å². The largest absolute Gasteiger partial charge is 0.480 e. The van der Waals surface area contributed by atoms with Gasteiger partial charge in [0.15, 0.2) is 0 Å². The van der Waals surface area contributed by atoms with Crippen LogP contribution in [0.5, 0.6) is 0 Å². The molecule has 0 aromatic carbocycles. The van der Waals surface area contributed by atoms with Gasteiger partial charge < -0.3 is 10.4 Å². The van der Waals surface area contributed by atoms with Crippen molar-refractivity contribution in [2.45, 2.75) is 52.0 Å². The Bertz CT molecular complexity index is 332. The Morgan fingerprint density at radius 2 is 1.88 bits per heavy atom. The van der Waals surface area contributed by atoms with Crippen molar-refractivity contribution in [3.8, 4) is 0 Å². The van der Waals surface area contributed by atoms with Gasteiger partial charge in [0.25, 0.3) is 0 Å². The van der Waals surface area contributed by atoms with Crippen molar-refractivity contribution in [3.63, 3.8) is 0 Å². The van der Waals surface area contributed by atoms with Crippen molar-refractivity contribution < 1.29 is 14.7 Å². The summed E-state index contributed by atoms with van der Waals surface area (Å²) in [5, 5.41) is 11.7. The Hall–Kier alpha value is -1.06. The molecule has 4 heteroatoms. The van der Waals surface area contributed by atoms with Crippen LogP contribution in [0.15, 0.2) is 0 Å². The highest BCUT2D eigenvalue weighted by Crippen LogP contribution is 2.62. The lowest BCUT2D eigenvalue weighted by Gasteiger charge is -2.18. The highest BCUT2D eigenvalue weighted by atomic mass is 16.4. The highest BCUT2D eigenvalue weighted by Gasteiger charge is 2.58. The molecule has 0 saturated heterocycles. The van der Waals surface area contributed by atoms with Gasteiger partial charge in [0.1, 0.15) is 6.04 Å². The van der Waals surface area contributed by atoms with Crippen LogP contribution in [0.3, 0.4) is 0 Å². The molecule has 2 aliphatic carbocycles. The molecule has 1 unspecified atom stereocenters. The van der Waals surface area contributed by atoms with E-state index in [4.69, 9.17) is 5.11 Å². The predicted octanol–water partition coefficient (Wildman–Crippen LogP) is 1.79. The van der Waals surface area contributed by atoms with E-state index >= 15 is 0 Å². The molecule has 96 valence electrons. The van der Waals surface area contributed by atoms with Crippen LogP contribution in [0.25, 0.3) is 0 Å². The highest BCUT2D eigenvalue weighted by molar-refractivity contribution is 5.87. The molecule has 0 bridgehead atoms. The summed E-state index contributed by atoms with van der Waals surface area (Å²) in [6.07, 6.45) is 5.69. The molecule has 2 aliphatic rings. The predicted molar refractivity (Wildman–Crippen MR) is 63.4 cm³/mol. The lowest BCUT2D eigenvalue weighted by molar-refractivity contribution is -0.143. The van der Waals surface area contributed by atoms with Crippen LogP contribution in [0, 0.1) is 17.3 Å². The minimum absolute atomic E-state index is 0.0481. The molecule has 2 N–H and O–H groups in total. The van der Waals surface area contributed by atoms with Gasteiger partial charge in [-0.3, -0.25) is 4.79 Å². The van der Waals surface area contributed by atoms with Gasteiger partial charge in [0.2, 0.25) is 5.91 Å². The van der Waals surface area contributed by atoms with Crippen molar-refractivity contribution in [1.82, 2.24) is 5.32 Å². The molecule has 1 spiro atoms. The maximum absolute atomic E-state index is 12.0. The lowest BCUT2D eigenvalue weighted by atomic mass is 10.0. The standard InChI is InChI=1S/C13H21NO3/c1-8(2)10(12(16)17)14-11(15)9-7-13(9)5-3-4-6-13/h8-10H,3-7H2,1-2H3,(H,14,15)(H,16,17)/t9?,10-/m0/s1. The Kier molecular flexibility index (Phi) is 3.15. The average molecular weight is 239 g/mol. The molecule has 2 rings (SSSR count). The summed E-state index contributed by atoms with van der Waals surface area (Å²) in [6.45, 7) is 3.63. The Morgan fingerprint density at radius 1 is 1.29 bits per heavy atom. The Morgan fingerprint density at radius 3 is 2.35 bits per heavy atom. The number of amides is 1. The fourth-order valence-electron chi connectivity index (χ4n) is 3.12. The third-order valence-corrected chi connectivity index (χ3v) is 4.34. The first-order chi connectivity index (χ1) is 7.96. The number of aliphatic carboxylic acids is 1. The molecule has 0 radical (unpaired) electrons. The monoisotopic (exact) mass is 239 g/mol. The molecule has 0 aliphatic heterocycles. The molecule has 0 aromatic rings. The van der Waals surface area contributed by atoms with E-state index in [0.29, 0.717) is 0 Å². The zero-order valence-electron chi connectivity index (χ0n) is 10.5. The number of nitrogens with one attached hydrogen (secondary N) is 1. The molecular formula is C13H21NO3. The van der Waals surface area contributed by atoms with Crippen molar-refractivity contribution in [3.05, 3.63) is 0 Å². The number of hydrogen-bond acceptors (Lipinski definition) is 2. The van der Waals surface area contributed by atoms with E-state index in [-0.39, 0.29) is 23.2 Å². The number of carbonyl (C=O) groups is 2. The van der Waals surface area contributed by atoms with Crippen LogP contribution >= 0.6 is 0 Å². The summed E-state index contributed by atoms with van der Waals surface area (Å²) in [6, 6.07) is -0.749. The maximum atomic E-state index is 12.0. The Labute approximate surface area is 102 Å². The first kappa shape index (κ1) is 12.4. The van der Waals surface area contributed by atoms with E-state index in [1.165, 1.54) is 12.8 Å². The molecule has 4 nitrogen and oxygen atoms in total. The van der Waals surface area contributed by atoms with Gasteiger partial charge in [-0.05, 0) is 30.6 Å². The second kappa shape index (κ2) is 4.31. The summed E-state index contributed by atoms with van der Waals surface area (Å²) in [5.41, 5.74) is 0.240. The normalized spacial score (nSPS) is 27.1. The van der Waals surface area contributed by atoms with E-state index in [2.05, 4.69) is 5.32 Å². The van der Waals surface area contributed by atoms with E-state index in [1.54, 1.807) is 0 Å². The molecule has 0 aromatic heterocycles.